The van der Waals surface area contributed by atoms with Crippen molar-refractivity contribution in [2.24, 2.45) is 0 Å². The Morgan fingerprint density at radius 2 is 1.71 bits per heavy atom. The predicted molar refractivity (Wildman–Crippen MR) is 99.6 cm³/mol. The summed E-state index contributed by atoms with van der Waals surface area (Å²) in [4.78, 5) is 35.2. The van der Waals surface area contributed by atoms with E-state index in [0.29, 0.717) is 17.1 Å². The highest BCUT2D eigenvalue weighted by Crippen LogP contribution is 2.28. The highest BCUT2D eigenvalue weighted by atomic mass is 16.6. The van der Waals surface area contributed by atoms with E-state index in [9.17, 15) is 19.5 Å². The van der Waals surface area contributed by atoms with E-state index in [2.05, 4.69) is 5.32 Å². The summed E-state index contributed by atoms with van der Waals surface area (Å²) >= 11 is 0. The quantitative estimate of drug-likeness (QED) is 0.640. The van der Waals surface area contributed by atoms with Crippen LogP contribution in [-0.2, 0) is 25.5 Å². The van der Waals surface area contributed by atoms with Crippen molar-refractivity contribution in [3.63, 3.8) is 0 Å². The topological polar surface area (TPSA) is 120 Å². The van der Waals surface area contributed by atoms with Crippen LogP contribution in [0, 0.1) is 0 Å². The van der Waals surface area contributed by atoms with Crippen molar-refractivity contribution in [1.82, 2.24) is 5.32 Å². The van der Waals surface area contributed by atoms with Crippen LogP contribution in [0.15, 0.2) is 18.2 Å². The number of carboxylic acids is 1. The van der Waals surface area contributed by atoms with Crippen molar-refractivity contribution in [3.8, 4) is 11.5 Å². The Labute approximate surface area is 163 Å². The average Bonchev–Trinajstić information content (AvgIpc) is 2.56. The van der Waals surface area contributed by atoms with Gasteiger partial charge < -0.3 is 29.4 Å². The second kappa shape index (κ2) is 9.82. The minimum absolute atomic E-state index is 0.0455. The van der Waals surface area contributed by atoms with Crippen molar-refractivity contribution in [1.29, 1.82) is 0 Å². The Hall–Kier alpha value is -2.97. The maximum Gasteiger partial charge on any atom is 0.408 e. The van der Waals surface area contributed by atoms with Gasteiger partial charge in [-0.05, 0) is 44.9 Å². The smallest absolute Gasteiger partial charge is 0.408 e. The number of carboxylic acid groups (broad SMARTS) is 1. The molecule has 9 heteroatoms. The molecule has 1 aromatic carbocycles. The van der Waals surface area contributed by atoms with Crippen molar-refractivity contribution < 1.29 is 38.4 Å². The molecule has 2 unspecified atom stereocenters. The van der Waals surface area contributed by atoms with Crippen LogP contribution in [0.5, 0.6) is 11.5 Å². The number of amides is 1. The number of hydrogen-bond acceptors (Lipinski definition) is 7. The van der Waals surface area contributed by atoms with Gasteiger partial charge in [-0.15, -0.1) is 0 Å². The van der Waals surface area contributed by atoms with Gasteiger partial charge in [0.15, 0.2) is 11.5 Å². The lowest BCUT2D eigenvalue weighted by molar-refractivity contribution is -0.164. The number of nitrogens with one attached hydrogen (secondary N) is 1. The number of carbonyl (C=O) groups is 3. The zero-order valence-corrected chi connectivity index (χ0v) is 16.9. The van der Waals surface area contributed by atoms with Crippen LogP contribution >= 0.6 is 0 Å². The molecule has 1 rings (SSSR count). The Balaban J connectivity index is 3.16. The van der Waals surface area contributed by atoms with E-state index in [4.69, 9.17) is 18.9 Å². The average molecular weight is 397 g/mol. The molecule has 0 aliphatic rings. The summed E-state index contributed by atoms with van der Waals surface area (Å²) in [5.74, 6) is -1.24. The molecule has 0 saturated carbocycles. The van der Waals surface area contributed by atoms with Gasteiger partial charge in [-0.1, -0.05) is 6.07 Å². The van der Waals surface area contributed by atoms with E-state index >= 15 is 0 Å². The van der Waals surface area contributed by atoms with Crippen LogP contribution < -0.4 is 14.8 Å². The number of methoxy groups -OCH3 is 2. The molecule has 2 N–H and O–H groups in total. The molecule has 0 aliphatic carbocycles. The minimum atomic E-state index is -1.60. The third-order valence-corrected chi connectivity index (χ3v) is 3.51. The van der Waals surface area contributed by atoms with Crippen LogP contribution in [0.3, 0.4) is 0 Å². The first-order chi connectivity index (χ1) is 13.0. The molecular formula is C19H27NO8. The van der Waals surface area contributed by atoms with E-state index in [1.165, 1.54) is 14.2 Å². The highest BCUT2D eigenvalue weighted by molar-refractivity contribution is 5.79. The molecule has 156 valence electrons. The Morgan fingerprint density at radius 1 is 1.11 bits per heavy atom. The first-order valence-corrected chi connectivity index (χ1v) is 8.57. The summed E-state index contributed by atoms with van der Waals surface area (Å²) < 4.78 is 20.5. The lowest BCUT2D eigenvalue weighted by Crippen LogP contribution is -2.51. The summed E-state index contributed by atoms with van der Waals surface area (Å²) in [5.41, 5.74) is -0.143. The van der Waals surface area contributed by atoms with Crippen molar-refractivity contribution in [3.05, 3.63) is 23.8 Å². The zero-order chi connectivity index (χ0) is 21.5. The molecule has 0 heterocycles. The number of benzene rings is 1. The molecule has 0 spiro atoms. The van der Waals surface area contributed by atoms with Crippen LogP contribution in [0.4, 0.5) is 4.79 Å². The zero-order valence-electron chi connectivity index (χ0n) is 16.9. The van der Waals surface area contributed by atoms with Crippen molar-refractivity contribution in [2.75, 3.05) is 14.2 Å². The van der Waals surface area contributed by atoms with Crippen molar-refractivity contribution >= 4 is 18.0 Å². The van der Waals surface area contributed by atoms with Gasteiger partial charge in [0.1, 0.15) is 5.60 Å². The molecule has 0 radical (unpaired) electrons. The summed E-state index contributed by atoms with van der Waals surface area (Å²) in [5, 5.41) is 12.0. The second-order valence-electron chi connectivity index (χ2n) is 7.01. The molecule has 9 nitrogen and oxygen atoms in total. The highest BCUT2D eigenvalue weighted by Gasteiger charge is 2.34. The molecule has 1 amide bonds. The summed E-state index contributed by atoms with van der Waals surface area (Å²) in [6, 6.07) is 3.92. The lowest BCUT2D eigenvalue weighted by atomic mass is 10.0. The van der Waals surface area contributed by atoms with Crippen molar-refractivity contribution in [2.45, 2.75) is 51.9 Å². The number of hydrogen-bond donors (Lipinski definition) is 2. The molecule has 2 atom stereocenters. The SMILES string of the molecule is COc1ccc(CC(NC(=O)OC(C)(C)C)C(OC(C)=O)C(=O)O)cc1OC. The van der Waals surface area contributed by atoms with Gasteiger partial charge in [-0.3, -0.25) is 4.79 Å². The van der Waals surface area contributed by atoms with Gasteiger partial charge in [-0.2, -0.15) is 0 Å². The van der Waals surface area contributed by atoms with Crippen LogP contribution in [-0.4, -0.2) is 55.1 Å². The summed E-state index contributed by atoms with van der Waals surface area (Å²) in [6.45, 7) is 6.13. The predicted octanol–water partition coefficient (Wildman–Crippen LogP) is 2.16. The Morgan fingerprint density at radius 3 is 2.18 bits per heavy atom. The number of aliphatic carboxylic acids is 1. The lowest BCUT2D eigenvalue weighted by Gasteiger charge is -2.27. The summed E-state index contributed by atoms with van der Waals surface area (Å²) in [7, 11) is 2.96. The molecular weight excluding hydrogens is 370 g/mol. The van der Waals surface area contributed by atoms with E-state index in [-0.39, 0.29) is 6.42 Å². The number of alkyl carbamates (subject to hydrolysis) is 1. The fraction of sp³-hybridized carbons (Fsp3) is 0.526. The Bertz CT molecular complexity index is 710. The molecule has 0 bridgehead atoms. The normalized spacial score (nSPS) is 13.1. The number of ether oxygens (including phenoxy) is 4. The number of rotatable bonds is 8. The van der Waals surface area contributed by atoms with E-state index < -0.39 is 35.8 Å². The van der Waals surface area contributed by atoms with E-state index in [1.54, 1.807) is 39.0 Å². The fourth-order valence-electron chi connectivity index (χ4n) is 2.44. The van der Waals surface area contributed by atoms with Crippen LogP contribution in [0.2, 0.25) is 0 Å². The molecule has 0 aliphatic heterocycles. The second-order valence-corrected chi connectivity index (χ2v) is 7.01. The molecule has 1 aromatic rings. The maximum absolute atomic E-state index is 12.2. The van der Waals surface area contributed by atoms with E-state index in [0.717, 1.165) is 6.92 Å². The van der Waals surface area contributed by atoms with Gasteiger partial charge in [0.2, 0.25) is 6.10 Å². The van der Waals surface area contributed by atoms with Gasteiger partial charge in [-0.25, -0.2) is 9.59 Å². The van der Waals surface area contributed by atoms with Gasteiger partial charge in [0, 0.05) is 6.92 Å². The standard InChI is InChI=1S/C19H27NO8/c1-11(21)27-16(17(22)23)13(20-18(24)28-19(2,3)4)9-12-7-8-14(25-5)15(10-12)26-6/h7-8,10,13,16H,9H2,1-6H3,(H,20,24)(H,22,23). The number of carbonyl (C=O) groups excluding carboxylic acids is 2. The van der Waals surface area contributed by atoms with Gasteiger partial charge in [0.25, 0.3) is 0 Å². The fourth-order valence-corrected chi connectivity index (χ4v) is 2.44. The van der Waals surface area contributed by atoms with Gasteiger partial charge >= 0.3 is 18.0 Å². The monoisotopic (exact) mass is 397 g/mol. The molecule has 28 heavy (non-hydrogen) atoms. The molecule has 0 saturated heterocycles. The van der Waals surface area contributed by atoms with Crippen LogP contribution in [0.1, 0.15) is 33.3 Å². The number of esters is 1. The largest absolute Gasteiger partial charge is 0.493 e. The molecule has 0 fully saturated rings. The third-order valence-electron chi connectivity index (χ3n) is 3.51. The first kappa shape index (κ1) is 23.1. The molecule has 0 aromatic heterocycles. The first-order valence-electron chi connectivity index (χ1n) is 8.57. The van der Waals surface area contributed by atoms with E-state index in [1.807, 2.05) is 0 Å². The summed E-state index contributed by atoms with van der Waals surface area (Å²) in [6.07, 6.45) is -2.38. The van der Waals surface area contributed by atoms with Gasteiger partial charge in [0.05, 0.1) is 20.3 Å². The maximum atomic E-state index is 12.2. The third kappa shape index (κ3) is 7.34. The Kier molecular flexibility index (Phi) is 8.09. The van der Waals surface area contributed by atoms with Crippen LogP contribution in [0.25, 0.3) is 0 Å². The minimum Gasteiger partial charge on any atom is -0.493 e.